The van der Waals surface area contributed by atoms with Gasteiger partial charge in [0, 0.05) is 13.0 Å². The van der Waals surface area contributed by atoms with Crippen LogP contribution in [0.3, 0.4) is 0 Å². The van der Waals surface area contributed by atoms with Gasteiger partial charge < -0.3 is 9.64 Å². The van der Waals surface area contributed by atoms with Crippen LogP contribution in [0, 0.1) is 6.92 Å². The predicted octanol–water partition coefficient (Wildman–Crippen LogP) is 4.73. The third kappa shape index (κ3) is 5.71. The molecule has 7 nitrogen and oxygen atoms in total. The molecule has 0 radical (unpaired) electrons. The molecule has 1 aromatic heterocycles. The van der Waals surface area contributed by atoms with E-state index in [4.69, 9.17) is 9.72 Å². The molecular formula is C27H33N3O4. The SMILES string of the molecule is CCCCN(C(=O)CCC(=O)OCC)C(C)c1nc2ccccc2c(=O)n1-c1ccc(C)cc1. The van der Waals surface area contributed by atoms with Crippen molar-refractivity contribution in [2.24, 2.45) is 0 Å². The van der Waals surface area contributed by atoms with Gasteiger partial charge in [-0.2, -0.15) is 0 Å². The van der Waals surface area contributed by atoms with Crippen LogP contribution in [-0.2, 0) is 14.3 Å². The third-order valence-electron chi connectivity index (χ3n) is 5.86. The maximum absolute atomic E-state index is 13.6. The molecule has 0 N–H and O–H groups in total. The second-order valence-corrected chi connectivity index (χ2v) is 8.38. The molecule has 2 aromatic carbocycles. The van der Waals surface area contributed by atoms with E-state index in [1.54, 1.807) is 22.5 Å². The minimum atomic E-state index is -0.472. The lowest BCUT2D eigenvalue weighted by atomic mass is 10.1. The number of hydrogen-bond acceptors (Lipinski definition) is 5. The molecule has 0 aliphatic rings. The Morgan fingerprint density at radius 3 is 2.44 bits per heavy atom. The van der Waals surface area contributed by atoms with E-state index in [1.165, 1.54) is 0 Å². The van der Waals surface area contributed by atoms with Crippen molar-refractivity contribution in [2.45, 2.75) is 59.4 Å². The molecule has 3 rings (SSSR count). The van der Waals surface area contributed by atoms with Crippen LogP contribution in [-0.4, -0.2) is 39.5 Å². The Kier molecular flexibility index (Phi) is 8.57. The molecule has 7 heteroatoms. The lowest BCUT2D eigenvalue weighted by Crippen LogP contribution is -2.38. The van der Waals surface area contributed by atoms with E-state index >= 15 is 0 Å². The van der Waals surface area contributed by atoms with Crippen molar-refractivity contribution in [1.82, 2.24) is 14.5 Å². The minimum absolute atomic E-state index is 0.0257. The van der Waals surface area contributed by atoms with E-state index in [2.05, 4.69) is 6.92 Å². The number of aryl methyl sites for hydroxylation is 1. The van der Waals surface area contributed by atoms with Crippen LogP contribution < -0.4 is 5.56 Å². The normalized spacial score (nSPS) is 11.9. The number of unbranched alkanes of at least 4 members (excludes halogenated alkanes) is 1. The van der Waals surface area contributed by atoms with Gasteiger partial charge in [-0.25, -0.2) is 4.98 Å². The molecule has 0 saturated carbocycles. The fraction of sp³-hybridized carbons (Fsp3) is 0.407. The zero-order valence-corrected chi connectivity index (χ0v) is 20.4. The highest BCUT2D eigenvalue weighted by Gasteiger charge is 2.27. The summed E-state index contributed by atoms with van der Waals surface area (Å²) in [6, 6.07) is 14.5. The highest BCUT2D eigenvalue weighted by molar-refractivity contribution is 5.82. The summed E-state index contributed by atoms with van der Waals surface area (Å²) in [6.07, 6.45) is 1.79. The number of rotatable bonds is 10. The van der Waals surface area contributed by atoms with Crippen LogP contribution >= 0.6 is 0 Å². The summed E-state index contributed by atoms with van der Waals surface area (Å²) >= 11 is 0. The van der Waals surface area contributed by atoms with Crippen LogP contribution in [0.15, 0.2) is 53.3 Å². The number of hydrogen-bond donors (Lipinski definition) is 0. The largest absolute Gasteiger partial charge is 0.466 e. The summed E-state index contributed by atoms with van der Waals surface area (Å²) in [4.78, 5) is 45.2. The zero-order chi connectivity index (χ0) is 24.7. The minimum Gasteiger partial charge on any atom is -0.466 e. The maximum Gasteiger partial charge on any atom is 0.306 e. The van der Waals surface area contributed by atoms with Crippen LogP contribution in [0.25, 0.3) is 16.6 Å². The Bertz CT molecular complexity index is 1200. The molecule has 0 saturated heterocycles. The average molecular weight is 464 g/mol. The number of carbonyl (C=O) groups excluding carboxylic acids is 2. The van der Waals surface area contributed by atoms with Gasteiger partial charge in [-0.05, 0) is 51.5 Å². The lowest BCUT2D eigenvalue weighted by molar-refractivity contribution is -0.146. The highest BCUT2D eigenvalue weighted by atomic mass is 16.5. The van der Waals surface area contributed by atoms with Gasteiger partial charge in [0.1, 0.15) is 5.82 Å². The zero-order valence-electron chi connectivity index (χ0n) is 20.4. The average Bonchev–Trinajstić information content (AvgIpc) is 2.83. The van der Waals surface area contributed by atoms with E-state index in [-0.39, 0.29) is 36.9 Å². The molecule has 0 spiro atoms. The van der Waals surface area contributed by atoms with Gasteiger partial charge in [-0.3, -0.25) is 19.0 Å². The van der Waals surface area contributed by atoms with Crippen LogP contribution in [0.2, 0.25) is 0 Å². The second-order valence-electron chi connectivity index (χ2n) is 8.38. The summed E-state index contributed by atoms with van der Waals surface area (Å²) in [6.45, 7) is 8.47. The Hall–Kier alpha value is -3.48. The molecule has 1 unspecified atom stereocenters. The molecule has 0 fully saturated rings. The van der Waals surface area contributed by atoms with E-state index in [1.807, 2.05) is 56.3 Å². The molecular weight excluding hydrogens is 430 g/mol. The fourth-order valence-corrected chi connectivity index (χ4v) is 3.96. The topological polar surface area (TPSA) is 81.5 Å². The Morgan fingerprint density at radius 1 is 1.06 bits per heavy atom. The monoisotopic (exact) mass is 463 g/mol. The first kappa shape index (κ1) is 25.1. The fourth-order valence-electron chi connectivity index (χ4n) is 3.96. The van der Waals surface area contributed by atoms with Crippen molar-refractivity contribution in [3.05, 3.63) is 70.3 Å². The summed E-state index contributed by atoms with van der Waals surface area (Å²) in [7, 11) is 0. The standard InChI is InChI=1S/C27H33N3O4/c1-5-7-18-29(24(31)16-17-25(32)34-6-2)20(4)26-28-23-11-9-8-10-22(23)27(33)30(26)21-14-12-19(3)13-15-21/h8-15,20H,5-7,16-18H2,1-4H3. The van der Waals surface area contributed by atoms with Crippen LogP contribution in [0.5, 0.6) is 0 Å². The number of esters is 1. The van der Waals surface area contributed by atoms with Crippen molar-refractivity contribution < 1.29 is 14.3 Å². The summed E-state index contributed by atoms with van der Waals surface area (Å²) in [5, 5.41) is 0.521. The van der Waals surface area contributed by atoms with Crippen molar-refractivity contribution >= 4 is 22.8 Å². The smallest absolute Gasteiger partial charge is 0.306 e. The number of para-hydroxylation sites is 1. The van der Waals surface area contributed by atoms with Crippen molar-refractivity contribution in [1.29, 1.82) is 0 Å². The summed E-state index contributed by atoms with van der Waals surface area (Å²) < 4.78 is 6.58. The van der Waals surface area contributed by atoms with E-state index in [0.29, 0.717) is 29.0 Å². The molecule has 180 valence electrons. The predicted molar refractivity (Wildman–Crippen MR) is 133 cm³/mol. The van der Waals surface area contributed by atoms with Gasteiger partial charge in [0.05, 0.1) is 35.7 Å². The highest BCUT2D eigenvalue weighted by Crippen LogP contribution is 2.24. The maximum atomic E-state index is 13.6. The van der Waals surface area contributed by atoms with E-state index < -0.39 is 6.04 Å². The van der Waals surface area contributed by atoms with Gasteiger partial charge in [0.2, 0.25) is 5.91 Å². The molecule has 1 amide bonds. The number of aromatic nitrogens is 2. The molecule has 3 aromatic rings. The quantitative estimate of drug-likeness (QED) is 0.406. The third-order valence-corrected chi connectivity index (χ3v) is 5.86. The van der Waals surface area contributed by atoms with Gasteiger partial charge in [0.15, 0.2) is 0 Å². The molecule has 0 aliphatic carbocycles. The van der Waals surface area contributed by atoms with Gasteiger partial charge in [0.25, 0.3) is 5.56 Å². The molecule has 34 heavy (non-hydrogen) atoms. The summed E-state index contributed by atoms with van der Waals surface area (Å²) in [5.74, 6) is -0.0562. The number of fused-ring (bicyclic) bond motifs is 1. The number of carbonyl (C=O) groups is 2. The summed E-state index contributed by atoms with van der Waals surface area (Å²) in [5.41, 5.74) is 2.20. The van der Waals surface area contributed by atoms with Crippen molar-refractivity contribution in [2.75, 3.05) is 13.2 Å². The van der Waals surface area contributed by atoms with Crippen molar-refractivity contribution in [3.8, 4) is 5.69 Å². The van der Waals surface area contributed by atoms with Crippen molar-refractivity contribution in [3.63, 3.8) is 0 Å². The number of benzene rings is 2. The Morgan fingerprint density at radius 2 is 1.76 bits per heavy atom. The second kappa shape index (κ2) is 11.6. The van der Waals surface area contributed by atoms with Crippen LogP contribution in [0.4, 0.5) is 0 Å². The Labute approximate surface area is 200 Å². The molecule has 0 bridgehead atoms. The molecule has 0 aliphatic heterocycles. The lowest BCUT2D eigenvalue weighted by Gasteiger charge is -2.30. The number of amides is 1. The van der Waals surface area contributed by atoms with E-state index in [0.717, 1.165) is 18.4 Å². The first-order chi connectivity index (χ1) is 16.4. The number of ether oxygens (including phenoxy) is 1. The number of nitrogens with zero attached hydrogens (tertiary/aromatic N) is 3. The molecule has 1 atom stereocenters. The van der Waals surface area contributed by atoms with Gasteiger partial charge in [-0.1, -0.05) is 43.2 Å². The Balaban J connectivity index is 2.08. The van der Waals surface area contributed by atoms with E-state index in [9.17, 15) is 14.4 Å². The first-order valence-corrected chi connectivity index (χ1v) is 11.9. The van der Waals surface area contributed by atoms with Gasteiger partial charge in [-0.15, -0.1) is 0 Å². The molecule has 1 heterocycles. The first-order valence-electron chi connectivity index (χ1n) is 11.9. The van der Waals surface area contributed by atoms with Crippen LogP contribution in [0.1, 0.15) is 63.9 Å². The van der Waals surface area contributed by atoms with Gasteiger partial charge >= 0.3 is 5.97 Å².